The van der Waals surface area contributed by atoms with Crippen molar-refractivity contribution in [3.05, 3.63) is 58.1 Å². The van der Waals surface area contributed by atoms with E-state index < -0.39 is 23.6 Å². The number of benzene rings is 2. The highest BCUT2D eigenvalue weighted by Crippen LogP contribution is 2.19. The molecule has 8 heteroatoms. The molecule has 0 spiro atoms. The Morgan fingerprint density at radius 3 is 2.42 bits per heavy atom. The zero-order valence-electron chi connectivity index (χ0n) is 12.6. The number of carbonyl (C=O) groups is 2. The van der Waals surface area contributed by atoms with Gasteiger partial charge in [-0.05, 0) is 42.8 Å². The van der Waals surface area contributed by atoms with Crippen LogP contribution in [0.25, 0.3) is 0 Å². The fourth-order valence-electron chi connectivity index (χ4n) is 1.88. The third kappa shape index (κ3) is 5.02. The second-order valence-corrected chi connectivity index (χ2v) is 5.85. The lowest BCUT2D eigenvalue weighted by atomic mass is 10.2. The van der Waals surface area contributed by atoms with Gasteiger partial charge in [0.05, 0.1) is 12.2 Å². The summed E-state index contributed by atoms with van der Waals surface area (Å²) >= 11 is 3.32. The van der Waals surface area contributed by atoms with E-state index in [1.807, 2.05) is 13.0 Å². The molecule has 0 aliphatic rings. The van der Waals surface area contributed by atoms with Crippen LogP contribution in [0.15, 0.2) is 40.9 Å². The summed E-state index contributed by atoms with van der Waals surface area (Å²) in [4.78, 5) is 23.5. The van der Waals surface area contributed by atoms with Crippen LogP contribution in [-0.2, 0) is 4.79 Å². The summed E-state index contributed by atoms with van der Waals surface area (Å²) in [5.41, 5.74) is 1.30. The van der Waals surface area contributed by atoms with E-state index in [9.17, 15) is 18.4 Å². The van der Waals surface area contributed by atoms with Crippen LogP contribution in [0.3, 0.4) is 0 Å². The molecule has 0 heterocycles. The summed E-state index contributed by atoms with van der Waals surface area (Å²) in [6.07, 6.45) is 0. The van der Waals surface area contributed by atoms with Gasteiger partial charge in [-0.25, -0.2) is 13.6 Å². The van der Waals surface area contributed by atoms with Gasteiger partial charge in [-0.1, -0.05) is 15.9 Å². The van der Waals surface area contributed by atoms with Crippen molar-refractivity contribution in [3.63, 3.8) is 0 Å². The molecular formula is C16H14BrF2N3O2. The van der Waals surface area contributed by atoms with Crippen molar-refractivity contribution in [2.45, 2.75) is 6.92 Å². The SMILES string of the molecule is Cc1cc(Br)ccc1NC(=O)CNC(=O)Nc1ccc(F)cc1F. The van der Waals surface area contributed by atoms with E-state index >= 15 is 0 Å². The molecule has 24 heavy (non-hydrogen) atoms. The molecule has 0 aliphatic heterocycles. The second-order valence-electron chi connectivity index (χ2n) is 4.94. The zero-order valence-corrected chi connectivity index (χ0v) is 14.2. The molecule has 0 saturated carbocycles. The number of hydrogen-bond acceptors (Lipinski definition) is 2. The Hall–Kier alpha value is -2.48. The van der Waals surface area contributed by atoms with E-state index in [0.717, 1.165) is 22.2 Å². The van der Waals surface area contributed by atoms with Crippen LogP contribution in [0, 0.1) is 18.6 Å². The van der Waals surface area contributed by atoms with E-state index in [1.54, 1.807) is 12.1 Å². The molecule has 0 unspecified atom stereocenters. The molecule has 0 fully saturated rings. The predicted molar refractivity (Wildman–Crippen MR) is 90.9 cm³/mol. The van der Waals surface area contributed by atoms with Crippen LogP contribution in [0.5, 0.6) is 0 Å². The van der Waals surface area contributed by atoms with Crippen LogP contribution >= 0.6 is 15.9 Å². The summed E-state index contributed by atoms with van der Waals surface area (Å²) < 4.78 is 27.1. The molecule has 126 valence electrons. The maximum atomic E-state index is 13.4. The third-order valence-electron chi connectivity index (χ3n) is 3.05. The van der Waals surface area contributed by atoms with Gasteiger partial charge in [0.25, 0.3) is 0 Å². The summed E-state index contributed by atoms with van der Waals surface area (Å²) in [6.45, 7) is 1.53. The van der Waals surface area contributed by atoms with Crippen molar-refractivity contribution >= 4 is 39.2 Å². The van der Waals surface area contributed by atoms with Crippen LogP contribution in [0.4, 0.5) is 25.0 Å². The van der Waals surface area contributed by atoms with Crippen molar-refractivity contribution in [3.8, 4) is 0 Å². The van der Waals surface area contributed by atoms with E-state index in [2.05, 4.69) is 31.9 Å². The van der Waals surface area contributed by atoms with Gasteiger partial charge >= 0.3 is 6.03 Å². The van der Waals surface area contributed by atoms with Gasteiger partial charge in [-0.2, -0.15) is 0 Å². The van der Waals surface area contributed by atoms with Gasteiger partial charge in [-0.15, -0.1) is 0 Å². The summed E-state index contributed by atoms with van der Waals surface area (Å²) in [7, 11) is 0. The molecule has 2 rings (SSSR count). The minimum Gasteiger partial charge on any atom is -0.329 e. The summed E-state index contributed by atoms with van der Waals surface area (Å²) in [5, 5.41) is 7.14. The lowest BCUT2D eigenvalue weighted by molar-refractivity contribution is -0.115. The van der Waals surface area contributed by atoms with E-state index in [4.69, 9.17) is 0 Å². The third-order valence-corrected chi connectivity index (χ3v) is 3.54. The average molecular weight is 398 g/mol. The molecule has 0 radical (unpaired) electrons. The summed E-state index contributed by atoms with van der Waals surface area (Å²) in [5.74, 6) is -2.09. The molecule has 0 atom stereocenters. The quantitative estimate of drug-likeness (QED) is 0.734. The van der Waals surface area contributed by atoms with Crippen molar-refractivity contribution < 1.29 is 18.4 Å². The van der Waals surface area contributed by atoms with Crippen LogP contribution in [0.1, 0.15) is 5.56 Å². The predicted octanol–water partition coefficient (Wildman–Crippen LogP) is 3.80. The van der Waals surface area contributed by atoms with Crippen molar-refractivity contribution in [1.82, 2.24) is 5.32 Å². The number of nitrogens with one attached hydrogen (secondary N) is 3. The molecule has 2 aromatic carbocycles. The Kier molecular flexibility index (Phi) is 5.86. The smallest absolute Gasteiger partial charge is 0.319 e. The first kappa shape index (κ1) is 17.9. The molecule has 3 amide bonds. The Labute approximate surface area is 145 Å². The van der Waals surface area contributed by atoms with Gasteiger partial charge in [0, 0.05) is 16.2 Å². The number of rotatable bonds is 4. The largest absolute Gasteiger partial charge is 0.329 e. The first-order chi connectivity index (χ1) is 11.3. The molecule has 0 aromatic heterocycles. The van der Waals surface area contributed by atoms with Crippen molar-refractivity contribution in [2.75, 3.05) is 17.2 Å². The molecular weight excluding hydrogens is 384 g/mol. The Morgan fingerprint density at radius 1 is 1.04 bits per heavy atom. The number of aryl methyl sites for hydroxylation is 1. The Balaban J connectivity index is 1.85. The molecule has 2 aromatic rings. The van der Waals surface area contributed by atoms with Gasteiger partial charge in [0.1, 0.15) is 11.6 Å². The van der Waals surface area contributed by atoms with Crippen molar-refractivity contribution in [2.24, 2.45) is 0 Å². The number of anilines is 2. The van der Waals surface area contributed by atoms with Crippen molar-refractivity contribution in [1.29, 1.82) is 0 Å². The van der Waals surface area contributed by atoms with Gasteiger partial charge < -0.3 is 16.0 Å². The minimum absolute atomic E-state index is 0.182. The van der Waals surface area contributed by atoms with E-state index in [-0.39, 0.29) is 12.2 Å². The standard InChI is InChI=1S/C16H14BrF2N3O2/c1-9-6-10(17)2-4-13(9)21-15(23)8-20-16(24)22-14-5-3-11(18)7-12(14)19/h2-7H,8H2,1H3,(H,21,23)(H2,20,22,24). The highest BCUT2D eigenvalue weighted by molar-refractivity contribution is 9.10. The molecule has 0 saturated heterocycles. The lowest BCUT2D eigenvalue weighted by Crippen LogP contribution is -2.36. The van der Waals surface area contributed by atoms with E-state index in [1.165, 1.54) is 0 Å². The summed E-state index contributed by atoms with van der Waals surface area (Å²) in [6, 6.07) is 7.33. The highest BCUT2D eigenvalue weighted by Gasteiger charge is 2.10. The fraction of sp³-hybridized carbons (Fsp3) is 0.125. The average Bonchev–Trinajstić information content (AvgIpc) is 2.51. The monoisotopic (exact) mass is 397 g/mol. The number of halogens is 3. The maximum Gasteiger partial charge on any atom is 0.319 e. The van der Waals surface area contributed by atoms with Gasteiger partial charge in [0.2, 0.25) is 5.91 Å². The van der Waals surface area contributed by atoms with Crippen LogP contribution in [-0.4, -0.2) is 18.5 Å². The first-order valence-electron chi connectivity index (χ1n) is 6.91. The highest BCUT2D eigenvalue weighted by atomic mass is 79.9. The fourth-order valence-corrected chi connectivity index (χ4v) is 2.36. The van der Waals surface area contributed by atoms with Crippen LogP contribution < -0.4 is 16.0 Å². The topological polar surface area (TPSA) is 70.2 Å². The number of amides is 3. The van der Waals surface area contributed by atoms with Crippen LogP contribution in [0.2, 0.25) is 0 Å². The van der Waals surface area contributed by atoms with Gasteiger partial charge in [-0.3, -0.25) is 4.79 Å². The molecule has 0 bridgehead atoms. The van der Waals surface area contributed by atoms with Gasteiger partial charge in [0.15, 0.2) is 0 Å². The zero-order chi connectivity index (χ0) is 17.7. The Bertz CT molecular complexity index is 718. The molecule has 5 nitrogen and oxygen atoms in total. The minimum atomic E-state index is -0.903. The molecule has 3 N–H and O–H groups in total. The number of carbonyl (C=O) groups excluding carboxylic acids is 2. The first-order valence-corrected chi connectivity index (χ1v) is 7.70. The Morgan fingerprint density at radius 2 is 1.75 bits per heavy atom. The normalized spacial score (nSPS) is 10.2. The number of urea groups is 1. The molecule has 0 aliphatic carbocycles. The van der Waals surface area contributed by atoms with E-state index in [0.29, 0.717) is 11.8 Å². The second kappa shape index (κ2) is 7.87. The maximum absolute atomic E-state index is 13.4. The number of hydrogen-bond donors (Lipinski definition) is 3. The lowest BCUT2D eigenvalue weighted by Gasteiger charge is -2.10.